The van der Waals surface area contributed by atoms with Gasteiger partial charge in [0.1, 0.15) is 5.75 Å². The number of methoxy groups -OCH3 is 1. The second kappa shape index (κ2) is 6.36. The minimum Gasteiger partial charge on any atom is -0.497 e. The molecule has 2 aromatic carbocycles. The molecule has 0 amide bonds. The van der Waals surface area contributed by atoms with Gasteiger partial charge in [0.25, 0.3) is 0 Å². The fourth-order valence-electron chi connectivity index (χ4n) is 1.72. The summed E-state index contributed by atoms with van der Waals surface area (Å²) in [5.74, 6) is 0.714. The van der Waals surface area contributed by atoms with Gasteiger partial charge in [0, 0.05) is 15.1 Å². The van der Waals surface area contributed by atoms with Gasteiger partial charge in [0.05, 0.1) is 11.9 Å². The Labute approximate surface area is 135 Å². The molecular weight excluding hydrogens is 370 g/mol. The molecule has 2 aromatic rings. The minimum atomic E-state index is -0.128. The molecule has 19 heavy (non-hydrogen) atoms. The molecule has 0 aromatic heterocycles. The Kier molecular flexibility index (Phi) is 5.02. The average molecular weight is 380 g/mol. The molecule has 1 unspecified atom stereocenters. The van der Waals surface area contributed by atoms with Crippen LogP contribution >= 0.6 is 50.7 Å². The van der Waals surface area contributed by atoms with Crippen LogP contribution in [0.5, 0.6) is 5.75 Å². The monoisotopic (exact) mass is 378 g/mol. The van der Waals surface area contributed by atoms with Crippen molar-refractivity contribution in [2.24, 2.45) is 0 Å². The summed E-state index contributed by atoms with van der Waals surface area (Å²) in [5, 5.41) is 1.88. The highest BCUT2D eigenvalue weighted by Gasteiger charge is 2.17. The summed E-state index contributed by atoms with van der Waals surface area (Å²) in [4.78, 5) is -0.128. The molecule has 2 rings (SSSR count). The molecule has 0 spiro atoms. The maximum Gasteiger partial charge on any atom is 0.120 e. The number of halogens is 4. The lowest BCUT2D eigenvalue weighted by atomic mass is 10.0. The van der Waals surface area contributed by atoms with E-state index in [-0.39, 0.29) is 4.83 Å². The Bertz CT molecular complexity index is 601. The third-order valence-corrected chi connectivity index (χ3v) is 4.60. The lowest BCUT2D eigenvalue weighted by Crippen LogP contribution is -1.96. The molecule has 0 saturated carbocycles. The zero-order valence-electron chi connectivity index (χ0n) is 9.96. The van der Waals surface area contributed by atoms with E-state index >= 15 is 0 Å². The zero-order valence-corrected chi connectivity index (χ0v) is 13.8. The van der Waals surface area contributed by atoms with E-state index in [0.717, 1.165) is 11.1 Å². The van der Waals surface area contributed by atoms with Crippen LogP contribution in [0.2, 0.25) is 15.1 Å². The lowest BCUT2D eigenvalue weighted by molar-refractivity contribution is 0.414. The van der Waals surface area contributed by atoms with E-state index in [4.69, 9.17) is 39.5 Å². The standard InChI is InChI=1S/C14H10BrCl3O/c1-19-9-3-4-10(13(18)7-9)14(15)11-6-8(16)2-5-12(11)17/h2-7,14H,1H3. The summed E-state index contributed by atoms with van der Waals surface area (Å²) < 4.78 is 5.13. The first kappa shape index (κ1) is 15.0. The van der Waals surface area contributed by atoms with Gasteiger partial charge in [-0.25, -0.2) is 0 Å². The Morgan fingerprint density at radius 2 is 1.68 bits per heavy atom. The Morgan fingerprint density at radius 1 is 0.947 bits per heavy atom. The maximum atomic E-state index is 6.26. The van der Waals surface area contributed by atoms with Crippen LogP contribution in [0.25, 0.3) is 0 Å². The average Bonchev–Trinajstić information content (AvgIpc) is 2.40. The van der Waals surface area contributed by atoms with Crippen molar-refractivity contribution in [1.29, 1.82) is 0 Å². The Balaban J connectivity index is 2.43. The molecule has 0 aliphatic carbocycles. The molecule has 0 saturated heterocycles. The van der Waals surface area contributed by atoms with Gasteiger partial charge >= 0.3 is 0 Å². The van der Waals surface area contributed by atoms with Crippen LogP contribution in [0.3, 0.4) is 0 Å². The second-order valence-corrected chi connectivity index (χ2v) is 6.08. The van der Waals surface area contributed by atoms with Crippen molar-refractivity contribution in [3.05, 3.63) is 62.6 Å². The van der Waals surface area contributed by atoms with Gasteiger partial charge in [-0.15, -0.1) is 0 Å². The summed E-state index contributed by atoms with van der Waals surface area (Å²) >= 11 is 22.1. The van der Waals surface area contributed by atoms with Crippen molar-refractivity contribution in [1.82, 2.24) is 0 Å². The minimum absolute atomic E-state index is 0.128. The fourth-order valence-corrected chi connectivity index (χ4v) is 3.45. The van der Waals surface area contributed by atoms with Crippen molar-refractivity contribution in [2.75, 3.05) is 7.11 Å². The highest BCUT2D eigenvalue weighted by molar-refractivity contribution is 9.09. The van der Waals surface area contributed by atoms with E-state index in [1.807, 2.05) is 18.2 Å². The molecule has 1 atom stereocenters. The number of hydrogen-bond acceptors (Lipinski definition) is 1. The van der Waals surface area contributed by atoms with Crippen LogP contribution in [0.1, 0.15) is 16.0 Å². The van der Waals surface area contributed by atoms with E-state index in [1.165, 1.54) is 0 Å². The summed E-state index contributed by atoms with van der Waals surface area (Å²) in [5.41, 5.74) is 1.79. The van der Waals surface area contributed by atoms with E-state index in [2.05, 4.69) is 15.9 Å². The van der Waals surface area contributed by atoms with E-state index < -0.39 is 0 Å². The normalized spacial score (nSPS) is 12.3. The van der Waals surface area contributed by atoms with Gasteiger partial charge in [0.2, 0.25) is 0 Å². The first-order chi connectivity index (χ1) is 9.02. The summed E-state index contributed by atoms with van der Waals surface area (Å²) in [6, 6.07) is 10.9. The van der Waals surface area contributed by atoms with Crippen LogP contribution in [0.4, 0.5) is 0 Å². The number of benzene rings is 2. The molecule has 0 aliphatic rings. The molecule has 0 fully saturated rings. The Morgan fingerprint density at radius 3 is 2.32 bits per heavy atom. The third kappa shape index (κ3) is 3.38. The lowest BCUT2D eigenvalue weighted by Gasteiger charge is -2.15. The van der Waals surface area contributed by atoms with E-state index in [9.17, 15) is 0 Å². The van der Waals surface area contributed by atoms with Crippen LogP contribution in [0.15, 0.2) is 36.4 Å². The highest BCUT2D eigenvalue weighted by atomic mass is 79.9. The molecule has 0 bridgehead atoms. The number of alkyl halides is 1. The quantitative estimate of drug-likeness (QED) is 0.581. The number of rotatable bonds is 3. The molecule has 0 radical (unpaired) electrons. The van der Waals surface area contributed by atoms with Crippen molar-refractivity contribution >= 4 is 50.7 Å². The van der Waals surface area contributed by atoms with Crippen molar-refractivity contribution < 1.29 is 4.74 Å². The molecule has 0 aliphatic heterocycles. The van der Waals surface area contributed by atoms with Crippen LogP contribution in [-0.4, -0.2) is 7.11 Å². The van der Waals surface area contributed by atoms with Gasteiger partial charge in [-0.05, 0) is 41.5 Å². The van der Waals surface area contributed by atoms with E-state index in [0.29, 0.717) is 20.8 Å². The SMILES string of the molecule is COc1ccc(C(Br)c2cc(Cl)ccc2Cl)c(Cl)c1. The van der Waals surface area contributed by atoms with Gasteiger partial charge in [-0.1, -0.05) is 56.8 Å². The van der Waals surface area contributed by atoms with Crippen molar-refractivity contribution in [3.8, 4) is 5.75 Å². The predicted molar refractivity (Wildman–Crippen MR) is 85.2 cm³/mol. The second-order valence-electron chi connectivity index (χ2n) is 3.92. The Hall–Kier alpha value is -0.410. The highest BCUT2D eigenvalue weighted by Crippen LogP contribution is 2.40. The van der Waals surface area contributed by atoms with Gasteiger partial charge < -0.3 is 4.74 Å². The predicted octanol–water partition coefficient (Wildman–Crippen LogP) is 6.14. The van der Waals surface area contributed by atoms with Crippen LogP contribution < -0.4 is 4.74 Å². The van der Waals surface area contributed by atoms with Gasteiger partial charge in [-0.2, -0.15) is 0 Å². The van der Waals surface area contributed by atoms with Crippen LogP contribution in [-0.2, 0) is 0 Å². The molecule has 1 nitrogen and oxygen atoms in total. The zero-order chi connectivity index (χ0) is 14.0. The first-order valence-electron chi connectivity index (χ1n) is 5.45. The first-order valence-corrected chi connectivity index (χ1v) is 7.50. The van der Waals surface area contributed by atoms with Crippen LogP contribution in [0, 0.1) is 0 Å². The van der Waals surface area contributed by atoms with Crippen molar-refractivity contribution in [2.45, 2.75) is 4.83 Å². The number of hydrogen-bond donors (Lipinski definition) is 0. The molecule has 5 heteroatoms. The topological polar surface area (TPSA) is 9.23 Å². The summed E-state index contributed by atoms with van der Waals surface area (Å²) in [6.45, 7) is 0. The number of ether oxygens (including phenoxy) is 1. The maximum absolute atomic E-state index is 6.26. The summed E-state index contributed by atoms with van der Waals surface area (Å²) in [6.07, 6.45) is 0. The van der Waals surface area contributed by atoms with Gasteiger partial charge in [-0.3, -0.25) is 0 Å². The molecule has 0 heterocycles. The fraction of sp³-hybridized carbons (Fsp3) is 0.143. The smallest absolute Gasteiger partial charge is 0.120 e. The third-order valence-electron chi connectivity index (χ3n) is 2.71. The molecule has 100 valence electrons. The van der Waals surface area contributed by atoms with Gasteiger partial charge in [0.15, 0.2) is 0 Å². The van der Waals surface area contributed by atoms with Crippen molar-refractivity contribution in [3.63, 3.8) is 0 Å². The molecular formula is C14H10BrCl3O. The summed E-state index contributed by atoms with van der Waals surface area (Å²) in [7, 11) is 1.60. The molecule has 0 N–H and O–H groups in total. The largest absolute Gasteiger partial charge is 0.497 e. The van der Waals surface area contributed by atoms with E-state index in [1.54, 1.807) is 25.3 Å².